The van der Waals surface area contributed by atoms with E-state index in [1.54, 1.807) is 31.2 Å². The average Bonchev–Trinajstić information content (AvgIpc) is 2.79. The van der Waals surface area contributed by atoms with E-state index in [-0.39, 0.29) is 5.57 Å². The van der Waals surface area contributed by atoms with Crippen LogP contribution in [0.25, 0.3) is 6.08 Å². The van der Waals surface area contributed by atoms with Crippen LogP contribution in [-0.2, 0) is 16.0 Å². The molecule has 1 aliphatic heterocycles. The number of rotatable bonds is 5. The van der Waals surface area contributed by atoms with Gasteiger partial charge in [-0.25, -0.2) is 9.69 Å². The number of nitrogens with zero attached hydrogens (tertiary/aromatic N) is 1. The highest BCUT2D eigenvalue weighted by atomic mass is 35.5. The van der Waals surface area contributed by atoms with Gasteiger partial charge in [0.1, 0.15) is 11.3 Å². The van der Waals surface area contributed by atoms with Gasteiger partial charge in [0.15, 0.2) is 0 Å². The zero-order valence-corrected chi connectivity index (χ0v) is 21.8. The zero-order chi connectivity index (χ0) is 26.1. The fraction of sp³-hybridized carbons (Fsp3) is 0.179. The van der Waals surface area contributed by atoms with Crippen LogP contribution in [-0.4, -0.2) is 25.0 Å². The summed E-state index contributed by atoms with van der Waals surface area (Å²) in [6.45, 7) is 5.82. The maximum atomic E-state index is 13.3. The van der Waals surface area contributed by atoms with E-state index in [0.29, 0.717) is 39.0 Å². The van der Waals surface area contributed by atoms with Crippen LogP contribution >= 0.6 is 23.2 Å². The molecule has 0 bridgehead atoms. The van der Waals surface area contributed by atoms with Gasteiger partial charge >= 0.3 is 6.03 Å². The average molecular weight is 523 g/mol. The molecule has 6 nitrogen and oxygen atoms in total. The summed E-state index contributed by atoms with van der Waals surface area (Å²) in [5, 5.41) is 3.01. The van der Waals surface area contributed by atoms with Crippen LogP contribution in [0.3, 0.4) is 0 Å². The second-order valence-electron chi connectivity index (χ2n) is 8.74. The number of halogens is 2. The minimum atomic E-state index is -0.841. The number of ether oxygens (including phenoxy) is 1. The maximum Gasteiger partial charge on any atom is 0.335 e. The van der Waals surface area contributed by atoms with E-state index >= 15 is 0 Å². The molecule has 1 saturated heterocycles. The molecule has 184 valence electrons. The predicted molar refractivity (Wildman–Crippen MR) is 142 cm³/mol. The van der Waals surface area contributed by atoms with Crippen LogP contribution in [0.15, 0.2) is 54.1 Å². The van der Waals surface area contributed by atoms with Crippen molar-refractivity contribution in [1.29, 1.82) is 0 Å². The van der Waals surface area contributed by atoms with Crippen LogP contribution in [0.4, 0.5) is 10.5 Å². The molecule has 0 saturated carbocycles. The third-order valence-corrected chi connectivity index (χ3v) is 6.46. The zero-order valence-electron chi connectivity index (χ0n) is 20.2. The summed E-state index contributed by atoms with van der Waals surface area (Å²) in [6.07, 6.45) is 1.95. The number of aryl methyl sites for hydroxylation is 3. The molecular formula is C28H24Cl2N2O4. The van der Waals surface area contributed by atoms with Gasteiger partial charge < -0.3 is 4.74 Å². The molecule has 0 unspecified atom stereocenters. The molecule has 3 aromatic rings. The fourth-order valence-corrected chi connectivity index (χ4v) is 4.76. The van der Waals surface area contributed by atoms with E-state index in [0.717, 1.165) is 27.2 Å². The topological polar surface area (TPSA) is 75.7 Å². The Balaban J connectivity index is 1.73. The lowest BCUT2D eigenvalue weighted by molar-refractivity contribution is -0.122. The van der Waals surface area contributed by atoms with Gasteiger partial charge in [-0.3, -0.25) is 14.9 Å². The van der Waals surface area contributed by atoms with Crippen molar-refractivity contribution < 1.29 is 19.1 Å². The Hall–Kier alpha value is -3.61. The number of methoxy groups -OCH3 is 1. The molecule has 4 amide bonds. The van der Waals surface area contributed by atoms with E-state index in [4.69, 9.17) is 27.9 Å². The van der Waals surface area contributed by atoms with E-state index in [9.17, 15) is 14.4 Å². The Kier molecular flexibility index (Phi) is 7.20. The van der Waals surface area contributed by atoms with Crippen LogP contribution in [0.5, 0.6) is 5.75 Å². The largest absolute Gasteiger partial charge is 0.496 e. The first-order valence-corrected chi connectivity index (χ1v) is 11.9. The van der Waals surface area contributed by atoms with Crippen molar-refractivity contribution in [3.05, 3.63) is 97.5 Å². The van der Waals surface area contributed by atoms with Crippen LogP contribution < -0.4 is 15.0 Å². The highest BCUT2D eigenvalue weighted by Gasteiger charge is 2.37. The number of hydrogen-bond acceptors (Lipinski definition) is 4. The molecule has 4 rings (SSSR count). The molecule has 1 N–H and O–H groups in total. The summed E-state index contributed by atoms with van der Waals surface area (Å²) < 4.78 is 5.60. The maximum absolute atomic E-state index is 13.3. The second-order valence-corrected chi connectivity index (χ2v) is 9.59. The summed E-state index contributed by atoms with van der Waals surface area (Å²) in [5.41, 5.74) is 5.39. The fourth-order valence-electron chi connectivity index (χ4n) is 4.31. The van der Waals surface area contributed by atoms with Crippen molar-refractivity contribution in [3.8, 4) is 5.75 Å². The smallest absolute Gasteiger partial charge is 0.335 e. The normalized spacial score (nSPS) is 14.9. The third kappa shape index (κ3) is 5.15. The highest BCUT2D eigenvalue weighted by molar-refractivity contribution is 6.40. The van der Waals surface area contributed by atoms with E-state index < -0.39 is 17.8 Å². The van der Waals surface area contributed by atoms with Gasteiger partial charge in [-0.1, -0.05) is 58.6 Å². The summed E-state index contributed by atoms with van der Waals surface area (Å²) in [4.78, 5) is 39.4. The molecule has 1 heterocycles. The quantitative estimate of drug-likeness (QED) is 0.320. The first kappa shape index (κ1) is 25.5. The van der Waals surface area contributed by atoms with Crippen LogP contribution in [0.2, 0.25) is 10.0 Å². The predicted octanol–water partition coefficient (Wildman–Crippen LogP) is 6.18. The lowest BCUT2D eigenvalue weighted by Gasteiger charge is -2.27. The first-order chi connectivity index (χ1) is 17.1. The second kappa shape index (κ2) is 10.2. The summed E-state index contributed by atoms with van der Waals surface area (Å²) >= 11 is 12.7. The number of carbonyl (C=O) groups is 3. The van der Waals surface area contributed by atoms with Crippen molar-refractivity contribution in [2.45, 2.75) is 27.2 Å². The molecule has 8 heteroatoms. The van der Waals surface area contributed by atoms with Gasteiger partial charge in [0.25, 0.3) is 11.8 Å². The Morgan fingerprint density at radius 3 is 2.31 bits per heavy atom. The Morgan fingerprint density at radius 2 is 1.64 bits per heavy atom. The third-order valence-electron chi connectivity index (χ3n) is 5.88. The molecule has 0 atom stereocenters. The van der Waals surface area contributed by atoms with Crippen molar-refractivity contribution in [2.75, 3.05) is 12.0 Å². The van der Waals surface area contributed by atoms with Gasteiger partial charge in [-0.15, -0.1) is 0 Å². The summed E-state index contributed by atoms with van der Waals surface area (Å²) in [5.74, 6) is -1.03. The van der Waals surface area contributed by atoms with Gasteiger partial charge in [0.2, 0.25) is 0 Å². The number of nitrogens with one attached hydrogen (secondary N) is 1. The van der Waals surface area contributed by atoms with E-state index in [1.807, 2.05) is 13.8 Å². The number of urea groups is 1. The number of hydrogen-bond donors (Lipinski definition) is 1. The molecule has 1 aliphatic rings. The van der Waals surface area contributed by atoms with E-state index in [1.165, 1.54) is 19.3 Å². The molecule has 1 fully saturated rings. The SMILES string of the molecule is COc1cc(/C=C2\C(=O)NC(=O)N(c3cc(Cl)ccc3C)C2=O)cc(Cl)c1Cc1cc(C)cc(C)c1. The Morgan fingerprint density at radius 1 is 0.944 bits per heavy atom. The minimum absolute atomic E-state index is 0.214. The van der Waals surface area contributed by atoms with Crippen molar-refractivity contribution in [3.63, 3.8) is 0 Å². The van der Waals surface area contributed by atoms with Gasteiger partial charge in [-0.05, 0) is 67.8 Å². The number of anilines is 1. The molecular weight excluding hydrogens is 499 g/mol. The van der Waals surface area contributed by atoms with Gasteiger partial charge in [-0.2, -0.15) is 0 Å². The van der Waals surface area contributed by atoms with Crippen molar-refractivity contribution >= 4 is 52.8 Å². The lowest BCUT2D eigenvalue weighted by atomic mass is 9.98. The molecule has 0 radical (unpaired) electrons. The number of imide groups is 2. The molecule has 0 spiro atoms. The summed E-state index contributed by atoms with van der Waals surface area (Å²) in [6, 6.07) is 13.7. The van der Waals surface area contributed by atoms with Crippen molar-refractivity contribution in [2.24, 2.45) is 0 Å². The van der Waals surface area contributed by atoms with Crippen molar-refractivity contribution in [1.82, 2.24) is 5.32 Å². The summed E-state index contributed by atoms with van der Waals surface area (Å²) in [7, 11) is 1.54. The van der Waals surface area contributed by atoms with Crippen LogP contribution in [0.1, 0.15) is 33.4 Å². The number of amides is 4. The number of carbonyl (C=O) groups excluding carboxylic acids is 3. The van der Waals surface area contributed by atoms with Gasteiger partial charge in [0, 0.05) is 22.0 Å². The number of benzene rings is 3. The standard InChI is InChI=1S/C28H24Cl2N2O4/c1-15-7-16(2)9-18(8-15)10-21-23(30)12-19(13-25(21)36-4)11-22-26(33)31-28(35)32(27(22)34)24-14-20(29)6-5-17(24)3/h5-9,11-14H,10H2,1-4H3,(H,31,33,35)/b22-11+. The molecule has 0 aliphatic carbocycles. The monoisotopic (exact) mass is 522 g/mol. The Bertz CT molecular complexity index is 1430. The highest BCUT2D eigenvalue weighted by Crippen LogP contribution is 2.33. The molecule has 36 heavy (non-hydrogen) atoms. The Labute approximate surface area is 219 Å². The van der Waals surface area contributed by atoms with E-state index in [2.05, 4.69) is 23.5 Å². The van der Waals surface area contributed by atoms with Gasteiger partial charge in [0.05, 0.1) is 12.8 Å². The number of barbiturate groups is 1. The first-order valence-electron chi connectivity index (χ1n) is 11.2. The minimum Gasteiger partial charge on any atom is -0.496 e. The lowest BCUT2D eigenvalue weighted by Crippen LogP contribution is -2.54. The molecule has 0 aromatic heterocycles. The molecule has 3 aromatic carbocycles. The van der Waals surface area contributed by atoms with Crippen LogP contribution in [0, 0.1) is 20.8 Å².